The van der Waals surface area contributed by atoms with Gasteiger partial charge in [-0.05, 0) is 43.4 Å². The number of amides is 2. The first kappa shape index (κ1) is 20.4. The van der Waals surface area contributed by atoms with Crippen LogP contribution in [0.5, 0.6) is 5.75 Å². The average Bonchev–Trinajstić information content (AvgIpc) is 2.73. The van der Waals surface area contributed by atoms with E-state index in [-0.39, 0.29) is 40.6 Å². The molecule has 148 valence electrons. The number of nitrogens with zero attached hydrogens (tertiary/aromatic N) is 2. The molecule has 0 radical (unpaired) electrons. The molecule has 1 aromatic carbocycles. The van der Waals surface area contributed by atoms with Crippen molar-refractivity contribution in [3.63, 3.8) is 0 Å². The maximum atomic E-state index is 14.5. The fraction of sp³-hybridized carbons (Fsp3) is 0.529. The van der Waals surface area contributed by atoms with Gasteiger partial charge in [0.2, 0.25) is 0 Å². The van der Waals surface area contributed by atoms with Crippen molar-refractivity contribution in [2.75, 3.05) is 26.2 Å². The van der Waals surface area contributed by atoms with E-state index in [0.29, 0.717) is 0 Å². The van der Waals surface area contributed by atoms with Gasteiger partial charge < -0.3 is 19.3 Å². The average molecular weight is 515 g/mol. The van der Waals surface area contributed by atoms with E-state index in [9.17, 15) is 18.4 Å². The van der Waals surface area contributed by atoms with Gasteiger partial charge in [0.15, 0.2) is 17.4 Å². The number of hydrogen-bond donors (Lipinski definition) is 0. The van der Waals surface area contributed by atoms with Crippen LogP contribution in [0.2, 0.25) is 5.02 Å². The van der Waals surface area contributed by atoms with Gasteiger partial charge in [0.05, 0.1) is 14.6 Å². The Morgan fingerprint density at radius 3 is 2.59 bits per heavy atom. The largest absolute Gasteiger partial charge is 0.489 e. The lowest BCUT2D eigenvalue weighted by molar-refractivity contribution is 0.000896. The van der Waals surface area contributed by atoms with Gasteiger partial charge >= 0.3 is 6.09 Å². The van der Waals surface area contributed by atoms with Crippen LogP contribution in [0.25, 0.3) is 0 Å². The molecule has 0 N–H and O–H groups in total. The zero-order chi connectivity index (χ0) is 20.1. The third-order valence-corrected chi connectivity index (χ3v) is 5.95. The summed E-state index contributed by atoms with van der Waals surface area (Å²) in [4.78, 5) is 28.0. The lowest BCUT2D eigenvalue weighted by Crippen LogP contribution is -2.58. The maximum absolute atomic E-state index is 14.5. The van der Waals surface area contributed by atoms with Crippen molar-refractivity contribution in [2.45, 2.75) is 32.4 Å². The van der Waals surface area contributed by atoms with Crippen LogP contribution in [0.15, 0.2) is 0 Å². The minimum absolute atomic E-state index is 0.00108. The predicted octanol–water partition coefficient (Wildman–Crippen LogP) is 3.68. The van der Waals surface area contributed by atoms with Gasteiger partial charge in [-0.25, -0.2) is 13.6 Å². The first-order chi connectivity index (χ1) is 12.5. The monoisotopic (exact) mass is 514 g/mol. The van der Waals surface area contributed by atoms with Crippen LogP contribution in [-0.4, -0.2) is 59.7 Å². The van der Waals surface area contributed by atoms with E-state index in [1.807, 2.05) is 0 Å². The third-order valence-electron chi connectivity index (χ3n) is 4.25. The standard InChI is InChI=1S/C17H18ClF2IN2O4/c1-17(2,3)27-16(25)22-4-5-23-8(6-22)7-26-14-9(15(23)24)11(19)12(20)13(21)10(14)18/h8H,4-7H2,1-3H3/t8-/m1/s1. The second-order valence-electron chi connectivity index (χ2n) is 7.35. The molecule has 1 aromatic rings. The molecule has 0 saturated carbocycles. The lowest BCUT2D eigenvalue weighted by Gasteiger charge is -2.40. The Morgan fingerprint density at radius 1 is 1.30 bits per heavy atom. The van der Waals surface area contributed by atoms with Crippen molar-refractivity contribution in [1.82, 2.24) is 9.80 Å². The minimum atomic E-state index is -1.28. The van der Waals surface area contributed by atoms with Gasteiger partial charge in [0.1, 0.15) is 17.8 Å². The second kappa shape index (κ2) is 7.23. The SMILES string of the molecule is CC(C)(C)OC(=O)N1CCN2C(=O)c3c(F)c(F)c(I)c(Cl)c3OC[C@H]2C1. The van der Waals surface area contributed by atoms with E-state index in [0.717, 1.165) is 0 Å². The Morgan fingerprint density at radius 2 is 1.96 bits per heavy atom. The van der Waals surface area contributed by atoms with Crippen molar-refractivity contribution in [3.8, 4) is 5.75 Å². The van der Waals surface area contributed by atoms with E-state index < -0.39 is 40.8 Å². The normalized spacial score (nSPS) is 19.8. The summed E-state index contributed by atoms with van der Waals surface area (Å²) in [6, 6.07) is -0.526. The molecule has 2 aliphatic heterocycles. The number of benzene rings is 1. The van der Waals surface area contributed by atoms with Crippen LogP contribution in [0.1, 0.15) is 31.1 Å². The molecule has 2 heterocycles. The molecule has 2 amide bonds. The highest BCUT2D eigenvalue weighted by Gasteiger charge is 2.41. The Labute approximate surface area is 173 Å². The van der Waals surface area contributed by atoms with E-state index in [2.05, 4.69) is 0 Å². The number of carbonyl (C=O) groups excluding carboxylic acids is 2. The summed E-state index contributed by atoms with van der Waals surface area (Å²) >= 11 is 7.65. The van der Waals surface area contributed by atoms with Gasteiger partial charge in [-0.2, -0.15) is 0 Å². The molecular weight excluding hydrogens is 497 g/mol. The van der Waals surface area contributed by atoms with Gasteiger partial charge in [0.25, 0.3) is 5.91 Å². The molecule has 1 fully saturated rings. The fourth-order valence-electron chi connectivity index (χ4n) is 3.02. The highest BCUT2D eigenvalue weighted by Crippen LogP contribution is 2.40. The molecule has 6 nitrogen and oxygen atoms in total. The van der Waals surface area contributed by atoms with Crippen LogP contribution < -0.4 is 4.74 Å². The van der Waals surface area contributed by atoms with Gasteiger partial charge in [0, 0.05) is 19.6 Å². The van der Waals surface area contributed by atoms with Crippen LogP contribution in [0, 0.1) is 15.2 Å². The molecule has 0 aromatic heterocycles. The van der Waals surface area contributed by atoms with E-state index >= 15 is 0 Å². The van der Waals surface area contributed by atoms with Crippen molar-refractivity contribution < 1.29 is 27.8 Å². The molecule has 3 rings (SSSR count). The summed E-state index contributed by atoms with van der Waals surface area (Å²) in [7, 11) is 0. The number of piperazine rings is 1. The predicted molar refractivity (Wildman–Crippen MR) is 102 cm³/mol. The lowest BCUT2D eigenvalue weighted by atomic mass is 10.1. The van der Waals surface area contributed by atoms with Gasteiger partial charge in [-0.3, -0.25) is 4.79 Å². The number of fused-ring (bicyclic) bond motifs is 2. The fourth-order valence-corrected chi connectivity index (χ4v) is 3.73. The van der Waals surface area contributed by atoms with Crippen molar-refractivity contribution in [1.29, 1.82) is 0 Å². The van der Waals surface area contributed by atoms with Crippen LogP contribution in [-0.2, 0) is 4.74 Å². The van der Waals surface area contributed by atoms with E-state index in [1.165, 1.54) is 9.80 Å². The molecule has 0 bridgehead atoms. The molecular formula is C17H18ClF2IN2O4. The number of rotatable bonds is 0. The van der Waals surface area contributed by atoms with Crippen molar-refractivity contribution in [3.05, 3.63) is 25.8 Å². The first-order valence-corrected chi connectivity index (χ1v) is 9.74. The van der Waals surface area contributed by atoms with Gasteiger partial charge in [-0.15, -0.1) is 0 Å². The summed E-state index contributed by atoms with van der Waals surface area (Å²) < 4.78 is 39.3. The molecule has 1 atom stereocenters. The highest BCUT2D eigenvalue weighted by atomic mass is 127. The Hall–Kier alpha value is -1.36. The number of ether oxygens (including phenoxy) is 2. The molecule has 0 unspecified atom stereocenters. The quantitative estimate of drug-likeness (QED) is 0.301. The third kappa shape index (κ3) is 3.80. The summed E-state index contributed by atoms with van der Waals surface area (Å²) in [5.74, 6) is -3.32. The number of hydrogen-bond acceptors (Lipinski definition) is 4. The van der Waals surface area contributed by atoms with Gasteiger partial charge in [-0.1, -0.05) is 11.6 Å². The molecule has 0 spiro atoms. The van der Waals surface area contributed by atoms with E-state index in [4.69, 9.17) is 21.1 Å². The molecule has 1 saturated heterocycles. The van der Waals surface area contributed by atoms with Crippen molar-refractivity contribution in [2.24, 2.45) is 0 Å². The summed E-state index contributed by atoms with van der Waals surface area (Å²) in [6.45, 7) is 5.81. The molecule has 2 aliphatic rings. The van der Waals surface area contributed by atoms with Crippen LogP contribution in [0.3, 0.4) is 0 Å². The zero-order valence-electron chi connectivity index (χ0n) is 14.9. The number of carbonyl (C=O) groups is 2. The van der Waals surface area contributed by atoms with E-state index in [1.54, 1.807) is 43.4 Å². The van der Waals surface area contributed by atoms with Crippen molar-refractivity contribution >= 4 is 46.2 Å². The number of halogens is 4. The molecule has 10 heteroatoms. The van der Waals surface area contributed by atoms with Crippen LogP contribution >= 0.6 is 34.2 Å². The second-order valence-corrected chi connectivity index (χ2v) is 8.81. The maximum Gasteiger partial charge on any atom is 0.410 e. The highest BCUT2D eigenvalue weighted by molar-refractivity contribution is 14.1. The Bertz CT molecular complexity index is 815. The van der Waals surface area contributed by atoms with Crippen LogP contribution in [0.4, 0.5) is 13.6 Å². The Kier molecular flexibility index (Phi) is 5.46. The topological polar surface area (TPSA) is 59.1 Å². The summed E-state index contributed by atoms with van der Waals surface area (Å²) in [6.07, 6.45) is -0.499. The molecule has 27 heavy (non-hydrogen) atoms. The first-order valence-electron chi connectivity index (χ1n) is 8.29. The summed E-state index contributed by atoms with van der Waals surface area (Å²) in [5, 5.41) is -0.137. The minimum Gasteiger partial charge on any atom is -0.489 e. The summed E-state index contributed by atoms with van der Waals surface area (Å²) in [5.41, 5.74) is -1.16. The zero-order valence-corrected chi connectivity index (χ0v) is 17.9. The molecule has 0 aliphatic carbocycles. The smallest absolute Gasteiger partial charge is 0.410 e. The Balaban J connectivity index is 1.88.